The molecule has 0 aliphatic rings. The van der Waals surface area contributed by atoms with Crippen molar-refractivity contribution in [2.24, 2.45) is 7.05 Å². The van der Waals surface area contributed by atoms with E-state index in [1.807, 2.05) is 54.5 Å². The first kappa shape index (κ1) is 36.8. The number of fused-ring (bicyclic) bond motifs is 2. The molecular formula is C42H37ClN6O6. The van der Waals surface area contributed by atoms with Crippen molar-refractivity contribution in [1.29, 1.82) is 0 Å². The standard InChI is InChI=1S/C42H37ClN6O6/c1-48-35-13-10-27(16-29(35)22-45-48)24-49(25-28-17-30(43)23-44-21-28)15-14-26-8-11-31(12-9-26)46-41(51)33-18-38(53-2)39(54-3)19-34(33)47-42(52)40-20-36(50)32-6-4-5-7-37(32)55-40/h4-13,16-23H,14-15,24-25H2,1-3H3,(H,46,51)(H,47,52). The van der Waals surface area contributed by atoms with Crippen molar-refractivity contribution >= 4 is 56.7 Å². The van der Waals surface area contributed by atoms with Crippen LogP contribution in [0.25, 0.3) is 21.9 Å². The average molecular weight is 757 g/mol. The lowest BCUT2D eigenvalue weighted by Crippen LogP contribution is -2.25. The highest BCUT2D eigenvalue weighted by molar-refractivity contribution is 6.30. The van der Waals surface area contributed by atoms with Gasteiger partial charge in [-0.1, -0.05) is 41.9 Å². The number of methoxy groups -OCH3 is 2. The quantitative estimate of drug-likeness (QED) is 0.122. The Labute approximate surface area is 321 Å². The molecule has 4 aromatic carbocycles. The number of para-hydroxylation sites is 1. The molecule has 12 nitrogen and oxygen atoms in total. The molecule has 7 aromatic rings. The summed E-state index contributed by atoms with van der Waals surface area (Å²) in [6.07, 6.45) is 6.07. The molecule has 0 radical (unpaired) electrons. The van der Waals surface area contributed by atoms with Gasteiger partial charge in [0.15, 0.2) is 22.7 Å². The first-order valence-corrected chi connectivity index (χ1v) is 17.8. The van der Waals surface area contributed by atoms with E-state index in [1.165, 1.54) is 31.9 Å². The Morgan fingerprint density at radius 1 is 0.818 bits per heavy atom. The molecule has 0 saturated heterocycles. The summed E-state index contributed by atoms with van der Waals surface area (Å²) in [7, 11) is 4.83. The molecule has 0 aliphatic carbocycles. The number of pyridine rings is 1. The van der Waals surface area contributed by atoms with Gasteiger partial charge in [0.05, 0.1) is 47.6 Å². The van der Waals surface area contributed by atoms with E-state index in [1.54, 1.807) is 30.5 Å². The van der Waals surface area contributed by atoms with E-state index in [2.05, 4.69) is 43.8 Å². The third kappa shape index (κ3) is 8.51. The number of carbonyl (C=O) groups is 2. The van der Waals surface area contributed by atoms with Gasteiger partial charge < -0.3 is 24.5 Å². The molecule has 13 heteroatoms. The van der Waals surface area contributed by atoms with Crippen molar-refractivity contribution < 1.29 is 23.5 Å². The van der Waals surface area contributed by atoms with E-state index in [0.29, 0.717) is 29.2 Å². The minimum absolute atomic E-state index is 0.105. The Hall–Kier alpha value is -6.50. The van der Waals surface area contributed by atoms with Gasteiger partial charge in [-0.05, 0) is 71.6 Å². The maximum atomic E-state index is 13.7. The molecule has 0 spiro atoms. The van der Waals surface area contributed by atoms with Crippen LogP contribution in [0.2, 0.25) is 5.02 Å². The van der Waals surface area contributed by atoms with Gasteiger partial charge in [-0.25, -0.2) is 0 Å². The molecule has 0 atom stereocenters. The summed E-state index contributed by atoms with van der Waals surface area (Å²) in [5, 5.41) is 12.0. The van der Waals surface area contributed by atoms with Gasteiger partial charge in [0, 0.05) is 62.3 Å². The van der Waals surface area contributed by atoms with Crippen LogP contribution in [-0.4, -0.2) is 52.2 Å². The van der Waals surface area contributed by atoms with Gasteiger partial charge in [0.2, 0.25) is 0 Å². The van der Waals surface area contributed by atoms with E-state index >= 15 is 0 Å². The maximum Gasteiger partial charge on any atom is 0.291 e. The van der Waals surface area contributed by atoms with Crippen LogP contribution in [0.4, 0.5) is 11.4 Å². The highest BCUT2D eigenvalue weighted by Crippen LogP contribution is 2.34. The Morgan fingerprint density at radius 3 is 2.35 bits per heavy atom. The molecule has 0 fully saturated rings. The summed E-state index contributed by atoms with van der Waals surface area (Å²) in [6, 6.07) is 26.6. The number of amides is 2. The fourth-order valence-electron chi connectivity index (χ4n) is 6.39. The summed E-state index contributed by atoms with van der Waals surface area (Å²) in [5.74, 6) is -0.853. The number of aryl methyl sites for hydroxylation is 1. The highest BCUT2D eigenvalue weighted by atomic mass is 35.5. The fourth-order valence-corrected chi connectivity index (χ4v) is 6.59. The molecule has 2 N–H and O–H groups in total. The summed E-state index contributed by atoms with van der Waals surface area (Å²) in [5.41, 5.74) is 5.02. The number of anilines is 2. The number of carbonyl (C=O) groups excluding carboxylic acids is 2. The highest BCUT2D eigenvalue weighted by Gasteiger charge is 2.21. The van der Waals surface area contributed by atoms with Gasteiger partial charge in [-0.15, -0.1) is 0 Å². The van der Waals surface area contributed by atoms with Crippen LogP contribution >= 0.6 is 11.6 Å². The van der Waals surface area contributed by atoms with Crippen molar-refractivity contribution in [3.8, 4) is 11.5 Å². The van der Waals surface area contributed by atoms with Gasteiger partial charge in [0.25, 0.3) is 11.8 Å². The fraction of sp³-hybridized carbons (Fsp3) is 0.167. The number of halogens is 1. The molecule has 0 saturated carbocycles. The number of aromatic nitrogens is 3. The van der Waals surface area contributed by atoms with Crippen LogP contribution in [-0.2, 0) is 26.6 Å². The third-order valence-corrected chi connectivity index (χ3v) is 9.39. The van der Waals surface area contributed by atoms with Crippen LogP contribution in [0.3, 0.4) is 0 Å². The minimum atomic E-state index is -0.716. The Kier molecular flexibility index (Phi) is 10.9. The first-order chi connectivity index (χ1) is 26.7. The summed E-state index contributed by atoms with van der Waals surface area (Å²) < 4.78 is 18.5. The second kappa shape index (κ2) is 16.3. The van der Waals surface area contributed by atoms with E-state index in [9.17, 15) is 14.4 Å². The number of hydrogen-bond donors (Lipinski definition) is 2. The summed E-state index contributed by atoms with van der Waals surface area (Å²) in [4.78, 5) is 46.4. The van der Waals surface area contributed by atoms with Gasteiger partial charge in [-0.3, -0.25) is 28.9 Å². The predicted molar refractivity (Wildman–Crippen MR) is 212 cm³/mol. The van der Waals surface area contributed by atoms with Crippen molar-refractivity contribution in [3.05, 3.63) is 153 Å². The number of rotatable bonds is 13. The molecule has 7 rings (SSSR count). The molecule has 3 heterocycles. The third-order valence-electron chi connectivity index (χ3n) is 9.19. The summed E-state index contributed by atoms with van der Waals surface area (Å²) >= 11 is 6.26. The van der Waals surface area contributed by atoms with Crippen LogP contribution in [0, 0.1) is 0 Å². The number of nitrogens with zero attached hydrogens (tertiary/aromatic N) is 4. The zero-order chi connectivity index (χ0) is 38.5. The zero-order valence-corrected chi connectivity index (χ0v) is 31.1. The molecule has 2 amide bonds. The Balaban J connectivity index is 1.06. The van der Waals surface area contributed by atoms with E-state index in [4.69, 9.17) is 25.5 Å². The van der Waals surface area contributed by atoms with Crippen molar-refractivity contribution in [1.82, 2.24) is 19.7 Å². The Bertz CT molecular complexity index is 2590. The van der Waals surface area contributed by atoms with E-state index < -0.39 is 11.8 Å². The lowest BCUT2D eigenvalue weighted by Gasteiger charge is -2.23. The topological polar surface area (TPSA) is 141 Å². The molecule has 278 valence electrons. The molecule has 0 bridgehead atoms. The van der Waals surface area contributed by atoms with Gasteiger partial charge >= 0.3 is 0 Å². The van der Waals surface area contributed by atoms with Crippen LogP contribution in [0.15, 0.2) is 119 Å². The second-order valence-electron chi connectivity index (χ2n) is 13.0. The normalized spacial score (nSPS) is 11.2. The summed E-state index contributed by atoms with van der Waals surface area (Å²) in [6.45, 7) is 2.11. The average Bonchev–Trinajstić information content (AvgIpc) is 3.56. The predicted octanol–water partition coefficient (Wildman–Crippen LogP) is 7.49. The molecule has 0 unspecified atom stereocenters. The molecule has 3 aromatic heterocycles. The van der Waals surface area contributed by atoms with E-state index in [-0.39, 0.29) is 39.5 Å². The van der Waals surface area contributed by atoms with Crippen LogP contribution < -0.4 is 25.5 Å². The number of benzene rings is 4. The minimum Gasteiger partial charge on any atom is -0.493 e. The number of nitrogens with one attached hydrogen (secondary N) is 2. The monoisotopic (exact) mass is 756 g/mol. The largest absolute Gasteiger partial charge is 0.493 e. The molecular weight excluding hydrogens is 720 g/mol. The zero-order valence-electron chi connectivity index (χ0n) is 30.3. The van der Waals surface area contributed by atoms with Gasteiger partial charge in [-0.2, -0.15) is 5.10 Å². The maximum absolute atomic E-state index is 13.7. The van der Waals surface area contributed by atoms with Crippen molar-refractivity contribution in [2.45, 2.75) is 19.5 Å². The number of hydrogen-bond acceptors (Lipinski definition) is 9. The first-order valence-electron chi connectivity index (χ1n) is 17.4. The van der Waals surface area contributed by atoms with Crippen molar-refractivity contribution in [3.63, 3.8) is 0 Å². The lowest BCUT2D eigenvalue weighted by atomic mass is 10.1. The van der Waals surface area contributed by atoms with E-state index in [0.717, 1.165) is 41.1 Å². The number of ether oxygens (including phenoxy) is 2. The van der Waals surface area contributed by atoms with Crippen molar-refractivity contribution in [2.75, 3.05) is 31.4 Å². The Morgan fingerprint density at radius 2 is 1.56 bits per heavy atom. The second-order valence-corrected chi connectivity index (χ2v) is 13.4. The molecule has 55 heavy (non-hydrogen) atoms. The van der Waals surface area contributed by atoms with Crippen LogP contribution in [0.1, 0.15) is 37.6 Å². The lowest BCUT2D eigenvalue weighted by molar-refractivity contribution is 0.0997. The SMILES string of the molecule is COc1cc(NC(=O)c2cc(=O)c3ccccc3o2)c(C(=O)Nc2ccc(CCN(Cc3cncc(Cl)c3)Cc3ccc4c(cnn4C)c3)cc2)cc1OC. The van der Waals surface area contributed by atoms with Crippen LogP contribution in [0.5, 0.6) is 11.5 Å². The van der Waals surface area contributed by atoms with Gasteiger partial charge in [0.1, 0.15) is 5.58 Å². The smallest absolute Gasteiger partial charge is 0.291 e. The molecule has 0 aliphatic heterocycles.